The van der Waals surface area contributed by atoms with E-state index in [4.69, 9.17) is 13.9 Å². The van der Waals surface area contributed by atoms with Gasteiger partial charge in [-0.25, -0.2) is 9.59 Å². The standard InChI is InChI=1S/C24H29NO6/c1-14-6-3-4-9-20(14)25-23(27)15(2)30-22(26)13-29-16-10-11-18-17-7-5-8-19(17)24(28)31-21(18)12-16/h10-12,14-15,20H,3-9,13H2,1-2H3,(H,25,27)/t14-,15-,20+/m1/s1. The van der Waals surface area contributed by atoms with E-state index in [0.29, 0.717) is 17.3 Å². The molecule has 2 aliphatic carbocycles. The molecule has 7 heteroatoms. The van der Waals surface area contributed by atoms with Crippen LogP contribution in [0.1, 0.15) is 57.1 Å². The number of nitrogens with one attached hydrogen (secondary N) is 1. The molecule has 2 aliphatic rings. The van der Waals surface area contributed by atoms with Crippen LogP contribution in [0.3, 0.4) is 0 Å². The summed E-state index contributed by atoms with van der Waals surface area (Å²) in [5, 5.41) is 3.90. The van der Waals surface area contributed by atoms with E-state index in [1.165, 1.54) is 6.42 Å². The van der Waals surface area contributed by atoms with Crippen LogP contribution in [0.25, 0.3) is 11.0 Å². The lowest BCUT2D eigenvalue weighted by Gasteiger charge is -2.30. The first kappa shape index (κ1) is 21.4. The minimum atomic E-state index is -0.887. The number of carbonyl (C=O) groups excluding carboxylic acids is 2. The van der Waals surface area contributed by atoms with E-state index in [-0.39, 0.29) is 24.2 Å². The molecule has 0 bridgehead atoms. The quantitative estimate of drug-likeness (QED) is 0.562. The summed E-state index contributed by atoms with van der Waals surface area (Å²) in [6.07, 6.45) is 6.03. The second-order valence-corrected chi connectivity index (χ2v) is 8.66. The van der Waals surface area contributed by atoms with Gasteiger partial charge in [-0.1, -0.05) is 19.8 Å². The maximum absolute atomic E-state index is 12.4. The van der Waals surface area contributed by atoms with E-state index < -0.39 is 12.1 Å². The lowest BCUT2D eigenvalue weighted by atomic mass is 9.86. The number of carbonyl (C=O) groups is 2. The maximum atomic E-state index is 12.4. The Bertz CT molecular complexity index is 1040. The van der Waals surface area contributed by atoms with Crippen LogP contribution in [0.2, 0.25) is 0 Å². The molecule has 0 radical (unpaired) electrons. The Morgan fingerprint density at radius 2 is 1.94 bits per heavy atom. The van der Waals surface area contributed by atoms with Gasteiger partial charge >= 0.3 is 11.6 Å². The van der Waals surface area contributed by atoms with Crippen molar-refractivity contribution >= 4 is 22.8 Å². The third-order valence-corrected chi connectivity index (χ3v) is 6.42. The highest BCUT2D eigenvalue weighted by Crippen LogP contribution is 2.29. The van der Waals surface area contributed by atoms with E-state index in [1.54, 1.807) is 19.1 Å². The molecule has 166 valence electrons. The third kappa shape index (κ3) is 4.75. The van der Waals surface area contributed by atoms with Crippen molar-refractivity contribution in [1.29, 1.82) is 0 Å². The molecule has 1 fully saturated rings. The van der Waals surface area contributed by atoms with Crippen LogP contribution in [0, 0.1) is 5.92 Å². The minimum absolute atomic E-state index is 0.132. The molecule has 7 nitrogen and oxygen atoms in total. The second-order valence-electron chi connectivity index (χ2n) is 8.66. The Kier molecular flexibility index (Phi) is 6.30. The summed E-state index contributed by atoms with van der Waals surface area (Å²) in [6, 6.07) is 5.34. The molecule has 1 heterocycles. The molecule has 4 rings (SSSR count). The number of amides is 1. The predicted molar refractivity (Wildman–Crippen MR) is 115 cm³/mol. The summed E-state index contributed by atoms with van der Waals surface area (Å²) in [7, 11) is 0. The van der Waals surface area contributed by atoms with Gasteiger partial charge in [0.05, 0.1) is 0 Å². The molecule has 1 N–H and O–H groups in total. The van der Waals surface area contributed by atoms with Crippen molar-refractivity contribution in [3.05, 3.63) is 39.7 Å². The molecular formula is C24H29NO6. The summed E-state index contributed by atoms with van der Waals surface area (Å²) in [5.41, 5.74) is 1.96. The largest absolute Gasteiger partial charge is 0.482 e. The fourth-order valence-electron chi connectivity index (χ4n) is 4.61. The highest BCUT2D eigenvalue weighted by molar-refractivity contribution is 5.84. The van der Waals surface area contributed by atoms with Gasteiger partial charge in [0.1, 0.15) is 11.3 Å². The zero-order valence-electron chi connectivity index (χ0n) is 18.1. The first-order chi connectivity index (χ1) is 14.9. The lowest BCUT2D eigenvalue weighted by Crippen LogP contribution is -2.46. The van der Waals surface area contributed by atoms with Crippen molar-refractivity contribution in [2.24, 2.45) is 5.92 Å². The molecule has 3 atom stereocenters. The number of hydrogen-bond donors (Lipinski definition) is 1. The van der Waals surface area contributed by atoms with Crippen LogP contribution in [0.5, 0.6) is 5.75 Å². The fraction of sp³-hybridized carbons (Fsp3) is 0.542. The molecule has 1 amide bonds. The molecule has 0 unspecified atom stereocenters. The molecule has 1 aromatic carbocycles. The molecule has 0 aliphatic heterocycles. The first-order valence-electron chi connectivity index (χ1n) is 11.1. The Morgan fingerprint density at radius 1 is 1.16 bits per heavy atom. The normalized spacial score (nSPS) is 21.4. The summed E-state index contributed by atoms with van der Waals surface area (Å²) in [6.45, 7) is 3.36. The van der Waals surface area contributed by atoms with E-state index >= 15 is 0 Å². The van der Waals surface area contributed by atoms with Gasteiger partial charge in [-0.2, -0.15) is 0 Å². The van der Waals surface area contributed by atoms with Gasteiger partial charge < -0.3 is 19.2 Å². The van der Waals surface area contributed by atoms with Crippen LogP contribution >= 0.6 is 0 Å². The van der Waals surface area contributed by atoms with Crippen molar-refractivity contribution in [3.63, 3.8) is 0 Å². The van der Waals surface area contributed by atoms with Crippen LogP contribution in [0.4, 0.5) is 0 Å². The number of aryl methyl sites for hydroxylation is 1. The summed E-state index contributed by atoms with van der Waals surface area (Å²) >= 11 is 0. The number of fused-ring (bicyclic) bond motifs is 3. The highest BCUT2D eigenvalue weighted by atomic mass is 16.6. The van der Waals surface area contributed by atoms with E-state index in [2.05, 4.69) is 12.2 Å². The van der Waals surface area contributed by atoms with Gasteiger partial charge in [0.15, 0.2) is 12.7 Å². The zero-order chi connectivity index (χ0) is 22.0. The van der Waals surface area contributed by atoms with Crippen molar-refractivity contribution in [2.45, 2.75) is 70.9 Å². The molecule has 1 aromatic heterocycles. The molecule has 1 saturated carbocycles. The first-order valence-corrected chi connectivity index (χ1v) is 11.1. The van der Waals surface area contributed by atoms with Crippen LogP contribution < -0.4 is 15.7 Å². The van der Waals surface area contributed by atoms with Gasteiger partial charge in [0, 0.05) is 23.1 Å². The van der Waals surface area contributed by atoms with E-state index in [1.807, 2.05) is 6.07 Å². The molecule has 2 aromatic rings. The Morgan fingerprint density at radius 3 is 2.74 bits per heavy atom. The zero-order valence-corrected chi connectivity index (χ0v) is 18.1. The average Bonchev–Trinajstić information content (AvgIpc) is 3.24. The summed E-state index contributed by atoms with van der Waals surface area (Å²) < 4.78 is 16.2. The molecule has 0 saturated heterocycles. The van der Waals surface area contributed by atoms with Gasteiger partial charge in [-0.15, -0.1) is 0 Å². The minimum Gasteiger partial charge on any atom is -0.482 e. The number of hydrogen-bond acceptors (Lipinski definition) is 6. The topological polar surface area (TPSA) is 94.8 Å². The van der Waals surface area contributed by atoms with E-state index in [9.17, 15) is 14.4 Å². The number of rotatable bonds is 6. The van der Waals surface area contributed by atoms with Crippen LogP contribution in [-0.2, 0) is 27.2 Å². The Balaban J connectivity index is 1.32. The molecule has 0 spiro atoms. The van der Waals surface area contributed by atoms with Crippen molar-refractivity contribution in [1.82, 2.24) is 5.32 Å². The van der Waals surface area contributed by atoms with Crippen molar-refractivity contribution < 1.29 is 23.5 Å². The van der Waals surface area contributed by atoms with Crippen LogP contribution in [-0.4, -0.2) is 30.6 Å². The molecular weight excluding hydrogens is 398 g/mol. The summed E-state index contributed by atoms with van der Waals surface area (Å²) in [4.78, 5) is 36.7. The predicted octanol–water partition coefficient (Wildman–Crippen LogP) is 3.29. The number of ether oxygens (including phenoxy) is 2. The Hall–Kier alpha value is -2.83. The monoisotopic (exact) mass is 427 g/mol. The van der Waals surface area contributed by atoms with Gasteiger partial charge in [-0.3, -0.25) is 4.79 Å². The SMILES string of the molecule is C[C@@H]1CCCC[C@@H]1NC(=O)[C@@H](C)OC(=O)COc1ccc2c3c(c(=O)oc2c1)CCC3. The summed E-state index contributed by atoms with van der Waals surface area (Å²) in [5.74, 6) is -0.0833. The van der Waals surface area contributed by atoms with Gasteiger partial charge in [0.2, 0.25) is 0 Å². The fourth-order valence-corrected chi connectivity index (χ4v) is 4.61. The molecule has 31 heavy (non-hydrogen) atoms. The Labute approximate surface area is 181 Å². The number of esters is 1. The second kappa shape index (κ2) is 9.12. The smallest absolute Gasteiger partial charge is 0.344 e. The maximum Gasteiger partial charge on any atom is 0.344 e. The van der Waals surface area contributed by atoms with E-state index in [0.717, 1.165) is 55.0 Å². The number of benzene rings is 1. The third-order valence-electron chi connectivity index (χ3n) is 6.42. The average molecular weight is 427 g/mol. The van der Waals surface area contributed by atoms with Crippen LogP contribution in [0.15, 0.2) is 27.4 Å². The van der Waals surface area contributed by atoms with Crippen molar-refractivity contribution in [2.75, 3.05) is 6.61 Å². The highest BCUT2D eigenvalue weighted by Gasteiger charge is 2.26. The van der Waals surface area contributed by atoms with Gasteiger partial charge in [0.25, 0.3) is 5.91 Å². The van der Waals surface area contributed by atoms with Crippen molar-refractivity contribution in [3.8, 4) is 5.75 Å². The van der Waals surface area contributed by atoms with Gasteiger partial charge in [-0.05, 0) is 62.6 Å². The lowest BCUT2D eigenvalue weighted by molar-refractivity contribution is -0.157.